The zero-order chi connectivity index (χ0) is 18.7. The van der Waals surface area contributed by atoms with Gasteiger partial charge in [0.15, 0.2) is 0 Å². The van der Waals surface area contributed by atoms with Gasteiger partial charge in [0.25, 0.3) is 5.91 Å². The highest BCUT2D eigenvalue weighted by Gasteiger charge is 2.59. The number of hydrogen-bond donors (Lipinski definition) is 1. The Hall–Kier alpha value is -1.58. The summed E-state index contributed by atoms with van der Waals surface area (Å²) in [5, 5.41) is 9.65. The van der Waals surface area contributed by atoms with Crippen LogP contribution in [-0.4, -0.2) is 34.5 Å². The molecule has 0 aromatic heterocycles. The molecule has 3 saturated carbocycles. The number of hydrogen-bond acceptors (Lipinski definition) is 2. The molecule has 4 rings (SSSR count). The van der Waals surface area contributed by atoms with Crippen molar-refractivity contribution in [3.8, 4) is 0 Å². The molecule has 3 fully saturated rings. The molecule has 1 unspecified atom stereocenters. The van der Waals surface area contributed by atoms with Crippen molar-refractivity contribution in [1.82, 2.24) is 4.90 Å². The number of fused-ring (bicyclic) bond motifs is 5. The molecule has 0 bridgehead atoms. The summed E-state index contributed by atoms with van der Waals surface area (Å²) in [6, 6.07) is 0.100. The second-order valence-corrected chi connectivity index (χ2v) is 9.53. The molecular weight excluding hydrogens is 326 g/mol. The molecule has 0 spiro atoms. The van der Waals surface area contributed by atoms with E-state index in [0.717, 1.165) is 18.8 Å². The van der Waals surface area contributed by atoms with Crippen molar-refractivity contribution in [3.63, 3.8) is 0 Å². The number of carbonyl (C=O) groups excluding carboxylic acids is 1. The highest BCUT2D eigenvalue weighted by Crippen LogP contribution is 2.64. The molecule has 1 N–H and O–H groups in total. The van der Waals surface area contributed by atoms with Gasteiger partial charge in [-0.3, -0.25) is 4.79 Å². The third-order valence-electron chi connectivity index (χ3n) is 8.39. The van der Waals surface area contributed by atoms with E-state index in [2.05, 4.69) is 20.4 Å². The van der Waals surface area contributed by atoms with Gasteiger partial charge in [0.05, 0.1) is 0 Å². The molecule has 26 heavy (non-hydrogen) atoms. The van der Waals surface area contributed by atoms with Gasteiger partial charge in [-0.25, -0.2) is 4.79 Å². The van der Waals surface area contributed by atoms with Crippen molar-refractivity contribution in [2.45, 2.75) is 64.8 Å². The molecule has 0 aromatic carbocycles. The normalized spacial score (nSPS) is 44.6. The second kappa shape index (κ2) is 5.97. The smallest absolute Gasteiger partial charge is 0.341 e. The molecule has 6 atom stereocenters. The van der Waals surface area contributed by atoms with E-state index in [1.165, 1.54) is 32.1 Å². The second-order valence-electron chi connectivity index (χ2n) is 9.53. The highest BCUT2D eigenvalue weighted by molar-refractivity contribution is 6.16. The van der Waals surface area contributed by atoms with Crippen LogP contribution in [0.3, 0.4) is 0 Å². The van der Waals surface area contributed by atoms with Crippen molar-refractivity contribution in [3.05, 3.63) is 24.3 Å². The van der Waals surface area contributed by atoms with Crippen LogP contribution in [0.5, 0.6) is 0 Å². The van der Waals surface area contributed by atoms with Gasteiger partial charge in [-0.2, -0.15) is 0 Å². The van der Waals surface area contributed by atoms with Crippen LogP contribution in [-0.2, 0) is 9.59 Å². The molecule has 1 heterocycles. The van der Waals surface area contributed by atoms with Crippen molar-refractivity contribution in [1.29, 1.82) is 0 Å². The third kappa shape index (κ3) is 2.33. The summed E-state index contributed by atoms with van der Waals surface area (Å²) >= 11 is 0. The van der Waals surface area contributed by atoms with Crippen molar-refractivity contribution >= 4 is 11.9 Å². The maximum absolute atomic E-state index is 12.8. The van der Waals surface area contributed by atoms with Crippen LogP contribution in [0.4, 0.5) is 0 Å². The Morgan fingerprint density at radius 3 is 2.73 bits per heavy atom. The van der Waals surface area contributed by atoms with E-state index >= 15 is 0 Å². The Morgan fingerprint density at radius 2 is 2.04 bits per heavy atom. The summed E-state index contributed by atoms with van der Waals surface area (Å²) < 4.78 is 0. The molecule has 0 radical (unpaired) electrons. The lowest BCUT2D eigenvalue weighted by atomic mass is 9.48. The summed E-state index contributed by atoms with van der Waals surface area (Å²) in [5.41, 5.74) is 0.206. The summed E-state index contributed by atoms with van der Waals surface area (Å²) in [6.45, 7) is 8.92. The van der Waals surface area contributed by atoms with Gasteiger partial charge >= 0.3 is 5.97 Å². The first kappa shape index (κ1) is 17.8. The first-order valence-electron chi connectivity index (χ1n) is 10.2. The monoisotopic (exact) mass is 357 g/mol. The molecule has 1 amide bonds. The molecule has 4 aliphatic rings. The van der Waals surface area contributed by atoms with Crippen LogP contribution in [0.25, 0.3) is 0 Å². The minimum absolute atomic E-state index is 0.0361. The van der Waals surface area contributed by atoms with Gasteiger partial charge < -0.3 is 10.0 Å². The average Bonchev–Trinajstić information content (AvgIpc) is 2.99. The van der Waals surface area contributed by atoms with Crippen LogP contribution >= 0.6 is 0 Å². The van der Waals surface area contributed by atoms with Gasteiger partial charge in [-0.05, 0) is 61.7 Å². The standard InChI is InChI=1S/C22H31NO3/c1-4-12-23-18-8-7-14-16-6-5-10-21(16,2)11-9-17(14)22(18,3)13-15(19(23)24)20(25)26/h4,13-14,16-18H,1,5-12H2,2-3H3,(H,25,26)/t14-,16-,17+,18?,21-,22+/m0/s1. The predicted molar refractivity (Wildman–Crippen MR) is 100 cm³/mol. The van der Waals surface area contributed by atoms with E-state index in [-0.39, 0.29) is 22.9 Å². The number of aliphatic carboxylic acids is 1. The summed E-state index contributed by atoms with van der Waals surface area (Å²) in [6.07, 6.45) is 12.1. The largest absolute Gasteiger partial charge is 0.478 e. The summed E-state index contributed by atoms with van der Waals surface area (Å²) in [4.78, 5) is 26.3. The maximum atomic E-state index is 12.8. The first-order valence-corrected chi connectivity index (χ1v) is 10.2. The van der Waals surface area contributed by atoms with Crippen LogP contribution in [0.1, 0.15) is 58.8 Å². The Bertz CT molecular complexity index is 683. The Kier molecular flexibility index (Phi) is 4.09. The minimum Gasteiger partial charge on any atom is -0.478 e. The van der Waals surface area contributed by atoms with Gasteiger partial charge in [-0.15, -0.1) is 6.58 Å². The van der Waals surface area contributed by atoms with Crippen molar-refractivity contribution in [2.75, 3.05) is 6.54 Å². The number of carboxylic acid groups (broad SMARTS) is 1. The fourth-order valence-corrected chi connectivity index (χ4v) is 7.23. The lowest BCUT2D eigenvalue weighted by Gasteiger charge is -2.60. The van der Waals surface area contributed by atoms with Gasteiger partial charge in [-0.1, -0.05) is 32.4 Å². The third-order valence-corrected chi connectivity index (χ3v) is 8.39. The van der Waals surface area contributed by atoms with E-state index in [4.69, 9.17) is 0 Å². The first-order chi connectivity index (χ1) is 12.3. The zero-order valence-corrected chi connectivity index (χ0v) is 16.0. The van der Waals surface area contributed by atoms with Crippen LogP contribution in [0.2, 0.25) is 0 Å². The topological polar surface area (TPSA) is 57.6 Å². The van der Waals surface area contributed by atoms with Gasteiger partial charge in [0.2, 0.25) is 0 Å². The van der Waals surface area contributed by atoms with E-state index in [0.29, 0.717) is 23.8 Å². The van der Waals surface area contributed by atoms with Gasteiger partial charge in [0, 0.05) is 18.0 Å². The molecule has 1 aliphatic heterocycles. The Labute approximate surface area is 156 Å². The van der Waals surface area contributed by atoms with E-state index in [1.54, 1.807) is 11.0 Å². The molecule has 3 aliphatic carbocycles. The van der Waals surface area contributed by atoms with Crippen molar-refractivity contribution in [2.24, 2.45) is 28.6 Å². The number of rotatable bonds is 3. The predicted octanol–water partition coefficient (Wildman–Crippen LogP) is 4.03. The summed E-state index contributed by atoms with van der Waals surface area (Å²) in [7, 11) is 0. The quantitative estimate of drug-likeness (QED) is 0.613. The van der Waals surface area contributed by atoms with Crippen molar-refractivity contribution < 1.29 is 14.7 Å². The number of carbonyl (C=O) groups is 2. The highest BCUT2D eigenvalue weighted by atomic mass is 16.4. The van der Waals surface area contributed by atoms with Gasteiger partial charge in [0.1, 0.15) is 5.57 Å². The SMILES string of the molecule is C=CCN1C(=O)C(C(=O)O)=C[C@@]2(C)C1CC[C@@H]1[C@H]2CC[C@]2(C)CCC[C@@H]12. The van der Waals surface area contributed by atoms with Crippen LogP contribution < -0.4 is 0 Å². The molecular formula is C22H31NO3. The molecule has 4 heteroatoms. The van der Waals surface area contributed by atoms with E-state index in [1.807, 2.05) is 6.08 Å². The number of amides is 1. The maximum Gasteiger partial charge on any atom is 0.341 e. The fraction of sp³-hybridized carbons (Fsp3) is 0.727. The Morgan fingerprint density at radius 1 is 1.27 bits per heavy atom. The molecule has 142 valence electrons. The van der Waals surface area contributed by atoms with E-state index < -0.39 is 5.97 Å². The lowest BCUT2D eigenvalue weighted by molar-refractivity contribution is -0.146. The fourth-order valence-electron chi connectivity index (χ4n) is 7.23. The van der Waals surface area contributed by atoms with Crippen LogP contribution in [0, 0.1) is 28.6 Å². The average molecular weight is 357 g/mol. The molecule has 0 aromatic rings. The Balaban J connectivity index is 1.76. The number of nitrogens with zero attached hydrogens (tertiary/aromatic N) is 1. The number of carboxylic acids is 1. The zero-order valence-electron chi connectivity index (χ0n) is 16.0. The minimum atomic E-state index is -1.09. The van der Waals surface area contributed by atoms with E-state index in [9.17, 15) is 14.7 Å². The molecule has 4 nitrogen and oxygen atoms in total. The lowest BCUT2D eigenvalue weighted by Crippen LogP contribution is -2.61. The molecule has 0 saturated heterocycles. The van der Waals surface area contributed by atoms with Crippen LogP contribution in [0.15, 0.2) is 24.3 Å². The summed E-state index contributed by atoms with van der Waals surface area (Å²) in [5.74, 6) is 0.494.